The first-order valence-electron chi connectivity index (χ1n) is 9.04. The van der Waals surface area contributed by atoms with Crippen molar-refractivity contribution in [3.8, 4) is 0 Å². The molecule has 0 radical (unpaired) electrons. The lowest BCUT2D eigenvalue weighted by molar-refractivity contribution is -0.130. The molecule has 2 atom stereocenters. The van der Waals surface area contributed by atoms with Gasteiger partial charge in [0.05, 0.1) is 6.04 Å². The molecule has 1 saturated carbocycles. The molecule has 0 aromatic heterocycles. The van der Waals surface area contributed by atoms with Crippen molar-refractivity contribution < 1.29 is 9.59 Å². The second kappa shape index (κ2) is 7.79. The van der Waals surface area contributed by atoms with E-state index in [0.717, 1.165) is 12.8 Å². The fourth-order valence-electron chi connectivity index (χ4n) is 3.59. The van der Waals surface area contributed by atoms with Crippen molar-refractivity contribution in [2.75, 3.05) is 0 Å². The molecule has 0 saturated heterocycles. The molecule has 5 nitrogen and oxygen atoms in total. The molecule has 5 heteroatoms. The standard InChI is InChI=1S/C19H27N3O2/c1-13(18(23)22-16-9-3-2-4-10-16)21-19(24)17-11-14-7-5-6-8-15(14)12-20-17/h5-8,13,16-17,20H,2-4,9-12H2,1H3,(H,21,24)(H,22,23)/t13-,17-/m0/s1. The molecule has 1 aliphatic heterocycles. The van der Waals surface area contributed by atoms with E-state index in [9.17, 15) is 9.59 Å². The van der Waals surface area contributed by atoms with E-state index < -0.39 is 6.04 Å². The number of fused-ring (bicyclic) bond motifs is 1. The highest BCUT2D eigenvalue weighted by Crippen LogP contribution is 2.18. The topological polar surface area (TPSA) is 70.2 Å². The zero-order valence-electron chi connectivity index (χ0n) is 14.3. The van der Waals surface area contributed by atoms with E-state index in [0.29, 0.717) is 13.0 Å². The molecule has 0 unspecified atom stereocenters. The first kappa shape index (κ1) is 17.0. The van der Waals surface area contributed by atoms with Gasteiger partial charge < -0.3 is 16.0 Å². The van der Waals surface area contributed by atoms with E-state index in [4.69, 9.17) is 0 Å². The summed E-state index contributed by atoms with van der Waals surface area (Å²) in [7, 11) is 0. The van der Waals surface area contributed by atoms with Gasteiger partial charge in [-0.05, 0) is 37.3 Å². The van der Waals surface area contributed by atoms with Gasteiger partial charge in [0.1, 0.15) is 6.04 Å². The van der Waals surface area contributed by atoms with Gasteiger partial charge in [-0.15, -0.1) is 0 Å². The number of nitrogens with one attached hydrogen (secondary N) is 3. The van der Waals surface area contributed by atoms with Gasteiger partial charge in [-0.3, -0.25) is 9.59 Å². The minimum atomic E-state index is -0.501. The largest absolute Gasteiger partial charge is 0.352 e. The molecular weight excluding hydrogens is 302 g/mol. The van der Waals surface area contributed by atoms with E-state index in [-0.39, 0.29) is 23.9 Å². The predicted molar refractivity (Wildman–Crippen MR) is 93.4 cm³/mol. The summed E-state index contributed by atoms with van der Waals surface area (Å²) < 4.78 is 0. The number of rotatable bonds is 4. The van der Waals surface area contributed by atoms with Gasteiger partial charge in [0.15, 0.2) is 0 Å². The van der Waals surface area contributed by atoms with E-state index in [1.54, 1.807) is 6.92 Å². The van der Waals surface area contributed by atoms with Gasteiger partial charge in [0.2, 0.25) is 11.8 Å². The third kappa shape index (κ3) is 4.15. The number of hydrogen-bond donors (Lipinski definition) is 3. The molecule has 1 fully saturated rings. The van der Waals surface area contributed by atoms with Gasteiger partial charge in [0, 0.05) is 12.6 Å². The molecule has 2 amide bonds. The molecule has 1 aliphatic carbocycles. The summed E-state index contributed by atoms with van der Waals surface area (Å²) in [5, 5.41) is 9.18. The summed E-state index contributed by atoms with van der Waals surface area (Å²) >= 11 is 0. The van der Waals surface area contributed by atoms with Crippen LogP contribution in [0.2, 0.25) is 0 Å². The summed E-state index contributed by atoms with van der Waals surface area (Å²) in [5.41, 5.74) is 2.44. The molecule has 1 heterocycles. The summed E-state index contributed by atoms with van der Waals surface area (Å²) in [6.07, 6.45) is 6.38. The van der Waals surface area contributed by atoms with Crippen LogP contribution in [0.3, 0.4) is 0 Å². The minimum Gasteiger partial charge on any atom is -0.352 e. The quantitative estimate of drug-likeness (QED) is 0.787. The van der Waals surface area contributed by atoms with Crippen LogP contribution >= 0.6 is 0 Å². The smallest absolute Gasteiger partial charge is 0.242 e. The number of carbonyl (C=O) groups is 2. The van der Waals surface area contributed by atoms with Crippen molar-refractivity contribution in [1.29, 1.82) is 0 Å². The summed E-state index contributed by atoms with van der Waals surface area (Å²) in [6.45, 7) is 2.45. The van der Waals surface area contributed by atoms with Gasteiger partial charge in [-0.2, -0.15) is 0 Å². The first-order chi connectivity index (χ1) is 11.6. The van der Waals surface area contributed by atoms with E-state index >= 15 is 0 Å². The van der Waals surface area contributed by atoms with E-state index in [1.807, 2.05) is 12.1 Å². The lowest BCUT2D eigenvalue weighted by Gasteiger charge is -2.28. The van der Waals surface area contributed by atoms with Gasteiger partial charge in [-0.25, -0.2) is 0 Å². The third-order valence-corrected chi connectivity index (χ3v) is 5.10. The Balaban J connectivity index is 1.50. The van der Waals surface area contributed by atoms with Crippen LogP contribution in [0.4, 0.5) is 0 Å². The van der Waals surface area contributed by atoms with Crippen molar-refractivity contribution in [1.82, 2.24) is 16.0 Å². The second-order valence-corrected chi connectivity index (χ2v) is 6.98. The molecule has 24 heavy (non-hydrogen) atoms. The average molecular weight is 329 g/mol. The Morgan fingerprint density at radius 1 is 1.12 bits per heavy atom. The van der Waals surface area contributed by atoms with Gasteiger partial charge in [-0.1, -0.05) is 43.5 Å². The van der Waals surface area contributed by atoms with Crippen molar-refractivity contribution >= 4 is 11.8 Å². The zero-order valence-corrected chi connectivity index (χ0v) is 14.3. The Bertz CT molecular complexity index is 596. The van der Waals surface area contributed by atoms with Crippen molar-refractivity contribution in [2.24, 2.45) is 0 Å². The highest BCUT2D eigenvalue weighted by Gasteiger charge is 2.27. The van der Waals surface area contributed by atoms with Crippen LogP contribution in [0.25, 0.3) is 0 Å². The number of hydrogen-bond acceptors (Lipinski definition) is 3. The Kier molecular flexibility index (Phi) is 5.51. The summed E-state index contributed by atoms with van der Waals surface area (Å²) in [6, 6.07) is 7.65. The SMILES string of the molecule is C[C@H](NC(=O)[C@@H]1Cc2ccccc2CN1)C(=O)NC1CCCCC1. The fraction of sp³-hybridized carbons (Fsp3) is 0.579. The van der Waals surface area contributed by atoms with Crippen LogP contribution in [0.1, 0.15) is 50.2 Å². The van der Waals surface area contributed by atoms with Crippen LogP contribution in [0.15, 0.2) is 24.3 Å². The van der Waals surface area contributed by atoms with Crippen LogP contribution in [0.5, 0.6) is 0 Å². The Morgan fingerprint density at radius 2 is 1.83 bits per heavy atom. The van der Waals surface area contributed by atoms with E-state index in [2.05, 4.69) is 28.1 Å². The van der Waals surface area contributed by atoms with Crippen molar-refractivity contribution in [2.45, 2.75) is 70.1 Å². The van der Waals surface area contributed by atoms with Crippen molar-refractivity contribution in [3.05, 3.63) is 35.4 Å². The molecule has 0 spiro atoms. The van der Waals surface area contributed by atoms with E-state index in [1.165, 1.54) is 30.4 Å². The molecule has 2 aliphatic rings. The predicted octanol–water partition coefficient (Wildman–Crippen LogP) is 1.65. The summed E-state index contributed by atoms with van der Waals surface area (Å²) in [5.74, 6) is -0.178. The van der Waals surface area contributed by atoms with Gasteiger partial charge in [0.25, 0.3) is 0 Å². The molecule has 0 bridgehead atoms. The summed E-state index contributed by atoms with van der Waals surface area (Å²) in [4.78, 5) is 24.7. The van der Waals surface area contributed by atoms with Crippen LogP contribution in [0, 0.1) is 0 Å². The molecule has 3 N–H and O–H groups in total. The van der Waals surface area contributed by atoms with Crippen molar-refractivity contribution in [3.63, 3.8) is 0 Å². The first-order valence-corrected chi connectivity index (χ1v) is 9.04. The Hall–Kier alpha value is -1.88. The highest BCUT2D eigenvalue weighted by atomic mass is 16.2. The molecule has 1 aromatic rings. The third-order valence-electron chi connectivity index (χ3n) is 5.10. The zero-order chi connectivity index (χ0) is 16.9. The molecule has 130 valence electrons. The second-order valence-electron chi connectivity index (χ2n) is 6.98. The fourth-order valence-corrected chi connectivity index (χ4v) is 3.59. The molecular formula is C19H27N3O2. The number of benzene rings is 1. The van der Waals surface area contributed by atoms with Crippen LogP contribution in [-0.4, -0.2) is 29.9 Å². The maximum Gasteiger partial charge on any atom is 0.242 e. The molecule has 3 rings (SSSR count). The maximum atomic E-state index is 12.5. The molecule has 1 aromatic carbocycles. The van der Waals surface area contributed by atoms with Crippen LogP contribution < -0.4 is 16.0 Å². The lowest BCUT2D eigenvalue weighted by Crippen LogP contribution is -2.54. The normalized spacial score (nSPS) is 22.3. The Morgan fingerprint density at radius 3 is 2.58 bits per heavy atom. The monoisotopic (exact) mass is 329 g/mol. The Labute approximate surface area is 143 Å². The minimum absolute atomic E-state index is 0.0774. The number of amides is 2. The van der Waals surface area contributed by atoms with Crippen LogP contribution in [-0.2, 0) is 22.6 Å². The van der Waals surface area contributed by atoms with Gasteiger partial charge >= 0.3 is 0 Å². The lowest BCUT2D eigenvalue weighted by atomic mass is 9.95. The number of carbonyl (C=O) groups excluding carboxylic acids is 2. The highest BCUT2D eigenvalue weighted by molar-refractivity contribution is 5.89. The maximum absolute atomic E-state index is 12.5. The average Bonchev–Trinajstić information content (AvgIpc) is 2.62.